The Kier molecular flexibility index (Phi) is 5.58. The minimum Gasteiger partial charge on any atom is -0.545 e. The molecule has 2 rings (SSSR count). The van der Waals surface area contributed by atoms with Gasteiger partial charge in [0, 0.05) is 11.3 Å². The van der Waals surface area contributed by atoms with Gasteiger partial charge in [-0.05, 0) is 42.2 Å². The topological polar surface area (TPSA) is 78.5 Å². The fraction of sp³-hybridized carbons (Fsp3) is 0.263. The molecular formula is C19H20NO4-. The van der Waals surface area contributed by atoms with E-state index < -0.39 is 5.97 Å². The average molecular weight is 326 g/mol. The summed E-state index contributed by atoms with van der Waals surface area (Å²) in [7, 11) is 0. The summed E-state index contributed by atoms with van der Waals surface area (Å²) in [6.07, 6.45) is 0. The van der Waals surface area contributed by atoms with Crippen LogP contribution >= 0.6 is 0 Å². The van der Waals surface area contributed by atoms with Gasteiger partial charge < -0.3 is 20.0 Å². The summed E-state index contributed by atoms with van der Waals surface area (Å²) < 4.78 is 5.45. The normalized spacial score (nSPS) is 10.5. The molecule has 5 nitrogen and oxygen atoms in total. The molecule has 0 aliphatic rings. The number of carboxylic acids is 1. The number of aromatic carboxylic acids is 1. The molecule has 5 heteroatoms. The molecule has 0 saturated heterocycles. The number of hydrogen-bond donors (Lipinski definition) is 1. The van der Waals surface area contributed by atoms with Gasteiger partial charge in [-0.3, -0.25) is 4.79 Å². The second-order valence-corrected chi connectivity index (χ2v) is 5.83. The summed E-state index contributed by atoms with van der Waals surface area (Å²) >= 11 is 0. The summed E-state index contributed by atoms with van der Waals surface area (Å²) in [5, 5.41) is 13.6. The molecule has 0 fully saturated rings. The SMILES string of the molecule is Cc1c(NC(=O)COc2ccc(C(C)C)cc2)cccc1C(=O)[O-]. The van der Waals surface area contributed by atoms with Crippen molar-refractivity contribution in [1.82, 2.24) is 0 Å². The number of nitrogens with one attached hydrogen (secondary N) is 1. The van der Waals surface area contributed by atoms with Crippen molar-refractivity contribution in [1.29, 1.82) is 0 Å². The van der Waals surface area contributed by atoms with Gasteiger partial charge in [-0.1, -0.05) is 38.1 Å². The first-order valence-electron chi connectivity index (χ1n) is 7.72. The van der Waals surface area contributed by atoms with Crippen LogP contribution in [0.4, 0.5) is 5.69 Å². The van der Waals surface area contributed by atoms with Gasteiger partial charge in [0.25, 0.3) is 5.91 Å². The molecule has 126 valence electrons. The van der Waals surface area contributed by atoms with Crippen molar-refractivity contribution < 1.29 is 19.4 Å². The predicted octanol–water partition coefficient (Wildman–Crippen LogP) is 2.50. The van der Waals surface area contributed by atoms with E-state index in [1.54, 1.807) is 19.1 Å². The predicted molar refractivity (Wildman–Crippen MR) is 90.2 cm³/mol. The Bertz CT molecular complexity index is 736. The third-order valence-electron chi connectivity index (χ3n) is 3.74. The van der Waals surface area contributed by atoms with Crippen LogP contribution in [-0.4, -0.2) is 18.5 Å². The number of carbonyl (C=O) groups is 2. The van der Waals surface area contributed by atoms with E-state index in [1.807, 2.05) is 24.3 Å². The Balaban J connectivity index is 1.96. The molecule has 0 bridgehead atoms. The van der Waals surface area contributed by atoms with E-state index >= 15 is 0 Å². The molecule has 0 aliphatic carbocycles. The zero-order valence-electron chi connectivity index (χ0n) is 14.0. The van der Waals surface area contributed by atoms with Gasteiger partial charge in [-0.15, -0.1) is 0 Å². The second-order valence-electron chi connectivity index (χ2n) is 5.83. The molecule has 0 aliphatic heterocycles. The average Bonchev–Trinajstić information content (AvgIpc) is 2.55. The van der Waals surface area contributed by atoms with Crippen LogP contribution in [0.3, 0.4) is 0 Å². The van der Waals surface area contributed by atoms with Crippen LogP contribution in [0.5, 0.6) is 5.75 Å². The molecule has 1 N–H and O–H groups in total. The minimum atomic E-state index is -1.27. The van der Waals surface area contributed by atoms with Crippen molar-refractivity contribution in [3.8, 4) is 5.75 Å². The van der Waals surface area contributed by atoms with Crippen molar-refractivity contribution in [2.24, 2.45) is 0 Å². The molecule has 0 aromatic heterocycles. The first-order chi connectivity index (χ1) is 11.4. The molecule has 0 radical (unpaired) electrons. The molecule has 0 heterocycles. The first-order valence-corrected chi connectivity index (χ1v) is 7.72. The van der Waals surface area contributed by atoms with Gasteiger partial charge >= 0.3 is 0 Å². The fourth-order valence-corrected chi connectivity index (χ4v) is 2.28. The molecule has 2 aromatic rings. The van der Waals surface area contributed by atoms with Gasteiger partial charge in [0.15, 0.2) is 6.61 Å². The van der Waals surface area contributed by atoms with E-state index in [0.29, 0.717) is 22.9 Å². The lowest BCUT2D eigenvalue weighted by Gasteiger charge is -2.13. The van der Waals surface area contributed by atoms with Crippen LogP contribution in [-0.2, 0) is 4.79 Å². The molecule has 0 atom stereocenters. The zero-order valence-corrected chi connectivity index (χ0v) is 14.0. The van der Waals surface area contributed by atoms with Crippen LogP contribution in [0.1, 0.15) is 41.3 Å². The van der Waals surface area contributed by atoms with E-state index in [0.717, 1.165) is 0 Å². The summed E-state index contributed by atoms with van der Waals surface area (Å²) in [4.78, 5) is 23.0. The van der Waals surface area contributed by atoms with Crippen LogP contribution < -0.4 is 15.2 Å². The Morgan fingerprint density at radius 1 is 1.12 bits per heavy atom. The van der Waals surface area contributed by atoms with Crippen molar-refractivity contribution in [2.45, 2.75) is 26.7 Å². The van der Waals surface area contributed by atoms with E-state index in [-0.39, 0.29) is 18.1 Å². The number of carbonyl (C=O) groups excluding carboxylic acids is 2. The van der Waals surface area contributed by atoms with E-state index in [2.05, 4.69) is 19.2 Å². The number of amides is 1. The van der Waals surface area contributed by atoms with Crippen molar-refractivity contribution in [2.75, 3.05) is 11.9 Å². The van der Waals surface area contributed by atoms with Crippen LogP contribution in [0, 0.1) is 6.92 Å². The summed E-state index contributed by atoms with van der Waals surface area (Å²) in [6, 6.07) is 12.2. The van der Waals surface area contributed by atoms with Gasteiger partial charge in [0.1, 0.15) is 5.75 Å². The van der Waals surface area contributed by atoms with Crippen LogP contribution in [0.2, 0.25) is 0 Å². The largest absolute Gasteiger partial charge is 0.545 e. The maximum atomic E-state index is 12.0. The third-order valence-corrected chi connectivity index (χ3v) is 3.74. The molecule has 24 heavy (non-hydrogen) atoms. The lowest BCUT2D eigenvalue weighted by Crippen LogP contribution is -2.25. The highest BCUT2D eigenvalue weighted by Gasteiger charge is 2.09. The third kappa shape index (κ3) is 4.35. The molecule has 0 saturated carbocycles. The molecular weight excluding hydrogens is 306 g/mol. The lowest BCUT2D eigenvalue weighted by atomic mass is 10.0. The molecule has 2 aromatic carbocycles. The van der Waals surface area contributed by atoms with Gasteiger partial charge in [-0.25, -0.2) is 0 Å². The molecule has 0 spiro atoms. The number of anilines is 1. The van der Waals surface area contributed by atoms with Crippen LogP contribution in [0.15, 0.2) is 42.5 Å². The summed E-state index contributed by atoms with van der Waals surface area (Å²) in [5.74, 6) is -0.595. The molecule has 1 amide bonds. The molecule has 0 unspecified atom stereocenters. The van der Waals surface area contributed by atoms with Crippen LogP contribution in [0.25, 0.3) is 0 Å². The standard InChI is InChI=1S/C19H21NO4/c1-12(2)14-7-9-15(10-8-14)24-11-18(21)20-17-6-4-5-16(13(17)3)19(22)23/h4-10,12H,11H2,1-3H3,(H,20,21)(H,22,23)/p-1. The summed E-state index contributed by atoms with van der Waals surface area (Å²) in [6.45, 7) is 5.67. The van der Waals surface area contributed by atoms with E-state index in [1.165, 1.54) is 11.6 Å². The van der Waals surface area contributed by atoms with E-state index in [9.17, 15) is 14.7 Å². The minimum absolute atomic E-state index is 0.0537. The number of rotatable bonds is 6. The van der Waals surface area contributed by atoms with E-state index in [4.69, 9.17) is 4.74 Å². The Morgan fingerprint density at radius 2 is 1.79 bits per heavy atom. The van der Waals surface area contributed by atoms with Gasteiger partial charge in [-0.2, -0.15) is 0 Å². The zero-order chi connectivity index (χ0) is 17.7. The van der Waals surface area contributed by atoms with Gasteiger partial charge in [0.2, 0.25) is 0 Å². The number of benzene rings is 2. The highest BCUT2D eigenvalue weighted by Crippen LogP contribution is 2.20. The van der Waals surface area contributed by atoms with Crippen molar-refractivity contribution in [3.63, 3.8) is 0 Å². The Hall–Kier alpha value is -2.82. The maximum Gasteiger partial charge on any atom is 0.262 e. The highest BCUT2D eigenvalue weighted by atomic mass is 16.5. The number of hydrogen-bond acceptors (Lipinski definition) is 4. The highest BCUT2D eigenvalue weighted by molar-refractivity contribution is 5.96. The second kappa shape index (κ2) is 7.64. The quantitative estimate of drug-likeness (QED) is 0.884. The fourth-order valence-electron chi connectivity index (χ4n) is 2.28. The lowest BCUT2D eigenvalue weighted by molar-refractivity contribution is -0.255. The Labute approximate surface area is 141 Å². The maximum absolute atomic E-state index is 12.0. The van der Waals surface area contributed by atoms with Gasteiger partial charge in [0.05, 0.1) is 5.97 Å². The number of ether oxygens (including phenoxy) is 1. The Morgan fingerprint density at radius 3 is 2.38 bits per heavy atom. The van der Waals surface area contributed by atoms with Crippen molar-refractivity contribution >= 4 is 17.6 Å². The smallest absolute Gasteiger partial charge is 0.262 e. The number of carboxylic acid groups (broad SMARTS) is 1. The van der Waals surface area contributed by atoms with Crippen molar-refractivity contribution in [3.05, 3.63) is 59.2 Å². The summed E-state index contributed by atoms with van der Waals surface area (Å²) in [5.41, 5.74) is 2.13. The first kappa shape index (κ1) is 17.5. The monoisotopic (exact) mass is 326 g/mol.